The van der Waals surface area contributed by atoms with Crippen LogP contribution in [0.15, 0.2) is 18.2 Å². The highest BCUT2D eigenvalue weighted by Gasteiger charge is 2.31. The molecule has 0 aliphatic heterocycles. The van der Waals surface area contributed by atoms with Crippen molar-refractivity contribution >= 4 is 0 Å². The van der Waals surface area contributed by atoms with Gasteiger partial charge in [0.2, 0.25) is 0 Å². The van der Waals surface area contributed by atoms with E-state index >= 15 is 0 Å². The molecule has 5 heteroatoms. The molecule has 0 atom stereocenters. The molecule has 0 bridgehead atoms. The van der Waals surface area contributed by atoms with Crippen LogP contribution < -0.4 is 4.74 Å². The van der Waals surface area contributed by atoms with Crippen LogP contribution in [0.3, 0.4) is 0 Å². The van der Waals surface area contributed by atoms with Crippen LogP contribution in [0.25, 0.3) is 0 Å². The Balaban J connectivity index is 2.07. The summed E-state index contributed by atoms with van der Waals surface area (Å²) in [4.78, 5) is 0. The number of benzene rings is 1. The number of alkyl halides is 3. The number of rotatable bonds is 4. The maximum absolute atomic E-state index is 12.5. The molecule has 1 saturated carbocycles. The summed E-state index contributed by atoms with van der Waals surface area (Å²) >= 11 is 0. The highest BCUT2D eigenvalue weighted by molar-refractivity contribution is 5.46. The first kappa shape index (κ1) is 12.7. The van der Waals surface area contributed by atoms with E-state index in [0.29, 0.717) is 12.5 Å². The first-order valence-corrected chi connectivity index (χ1v) is 5.75. The van der Waals surface area contributed by atoms with Crippen molar-refractivity contribution in [2.45, 2.75) is 25.4 Å². The maximum atomic E-state index is 12.5. The van der Waals surface area contributed by atoms with Crippen LogP contribution in [0.5, 0.6) is 5.75 Å². The van der Waals surface area contributed by atoms with Gasteiger partial charge in [-0.2, -0.15) is 18.4 Å². The molecular formula is C13H12F3NO. The minimum Gasteiger partial charge on any atom is -0.492 e. The van der Waals surface area contributed by atoms with E-state index in [1.54, 1.807) is 6.07 Å². The molecule has 0 heterocycles. The van der Waals surface area contributed by atoms with Gasteiger partial charge in [-0.3, -0.25) is 0 Å². The molecule has 0 N–H and O–H groups in total. The van der Waals surface area contributed by atoms with Crippen molar-refractivity contribution in [2.24, 2.45) is 5.92 Å². The lowest BCUT2D eigenvalue weighted by atomic mass is 10.1. The normalized spacial score (nSPS) is 15.2. The fourth-order valence-corrected chi connectivity index (χ4v) is 1.66. The lowest BCUT2D eigenvalue weighted by molar-refractivity contribution is -0.137. The van der Waals surface area contributed by atoms with Crippen molar-refractivity contribution in [3.63, 3.8) is 0 Å². The minimum atomic E-state index is -4.43. The first-order chi connectivity index (χ1) is 8.50. The first-order valence-electron chi connectivity index (χ1n) is 5.75. The molecule has 2 rings (SSSR count). The molecule has 18 heavy (non-hydrogen) atoms. The van der Waals surface area contributed by atoms with Crippen molar-refractivity contribution in [1.29, 1.82) is 5.26 Å². The van der Waals surface area contributed by atoms with Crippen molar-refractivity contribution in [3.05, 3.63) is 29.3 Å². The third kappa shape index (κ3) is 3.16. The summed E-state index contributed by atoms with van der Waals surface area (Å²) in [7, 11) is 0. The van der Waals surface area contributed by atoms with E-state index in [1.807, 2.05) is 0 Å². The smallest absolute Gasteiger partial charge is 0.416 e. The molecule has 96 valence electrons. The van der Waals surface area contributed by atoms with Gasteiger partial charge in [0, 0.05) is 0 Å². The molecule has 0 amide bonds. The minimum absolute atomic E-state index is 0.0689. The summed E-state index contributed by atoms with van der Waals surface area (Å²) in [5.41, 5.74) is -0.894. The van der Waals surface area contributed by atoms with E-state index in [9.17, 15) is 13.2 Å². The Bertz CT molecular complexity index is 472. The number of hydrogen-bond donors (Lipinski definition) is 0. The molecule has 1 aromatic carbocycles. The van der Waals surface area contributed by atoms with Crippen molar-refractivity contribution in [3.8, 4) is 11.8 Å². The summed E-state index contributed by atoms with van der Waals surface area (Å²) in [6.07, 6.45) is -1.15. The van der Waals surface area contributed by atoms with Crippen molar-refractivity contribution in [1.82, 2.24) is 0 Å². The zero-order valence-electron chi connectivity index (χ0n) is 9.63. The average molecular weight is 255 g/mol. The SMILES string of the molecule is N#Cc1cc(C(F)(F)F)ccc1OCCC1CC1. The van der Waals surface area contributed by atoms with Gasteiger partial charge in [0.05, 0.1) is 17.7 Å². The number of nitrogens with zero attached hydrogens (tertiary/aromatic N) is 1. The van der Waals surface area contributed by atoms with Crippen LogP contribution in [0, 0.1) is 17.2 Å². The topological polar surface area (TPSA) is 33.0 Å². The number of halogens is 3. The number of ether oxygens (including phenoxy) is 1. The van der Waals surface area contributed by atoms with Gasteiger partial charge < -0.3 is 4.74 Å². The zero-order valence-corrected chi connectivity index (χ0v) is 9.63. The van der Waals surface area contributed by atoms with Gasteiger partial charge in [0.1, 0.15) is 11.8 Å². The molecule has 1 fully saturated rings. The van der Waals surface area contributed by atoms with Gasteiger partial charge in [0.25, 0.3) is 0 Å². The van der Waals surface area contributed by atoms with Crippen LogP contribution >= 0.6 is 0 Å². The van der Waals surface area contributed by atoms with Crippen LogP contribution in [-0.4, -0.2) is 6.61 Å². The predicted molar refractivity (Wildman–Crippen MR) is 59.0 cm³/mol. The predicted octanol–water partition coefficient (Wildman–Crippen LogP) is 3.76. The fourth-order valence-electron chi connectivity index (χ4n) is 1.66. The third-order valence-electron chi connectivity index (χ3n) is 2.91. The summed E-state index contributed by atoms with van der Waals surface area (Å²) < 4.78 is 42.7. The van der Waals surface area contributed by atoms with E-state index in [1.165, 1.54) is 18.9 Å². The molecule has 1 aromatic rings. The van der Waals surface area contributed by atoms with Gasteiger partial charge in [-0.1, -0.05) is 12.8 Å². The monoisotopic (exact) mass is 255 g/mol. The quantitative estimate of drug-likeness (QED) is 0.820. The Labute approximate surface area is 103 Å². The lowest BCUT2D eigenvalue weighted by Crippen LogP contribution is -2.06. The summed E-state index contributed by atoms with van der Waals surface area (Å²) in [5, 5.41) is 8.83. The highest BCUT2D eigenvalue weighted by Crippen LogP contribution is 2.34. The van der Waals surface area contributed by atoms with Crippen molar-refractivity contribution in [2.75, 3.05) is 6.61 Å². The van der Waals surface area contributed by atoms with E-state index in [-0.39, 0.29) is 11.3 Å². The van der Waals surface area contributed by atoms with Gasteiger partial charge in [-0.05, 0) is 30.5 Å². The zero-order chi connectivity index (χ0) is 13.2. The van der Waals surface area contributed by atoms with Crippen LogP contribution in [0.4, 0.5) is 13.2 Å². The van der Waals surface area contributed by atoms with Crippen LogP contribution in [0.1, 0.15) is 30.4 Å². The van der Waals surface area contributed by atoms with Gasteiger partial charge in [-0.25, -0.2) is 0 Å². The summed E-state index contributed by atoms with van der Waals surface area (Å²) in [6.45, 7) is 0.449. The van der Waals surface area contributed by atoms with E-state index < -0.39 is 11.7 Å². The van der Waals surface area contributed by atoms with Crippen molar-refractivity contribution < 1.29 is 17.9 Å². The molecule has 0 saturated heterocycles. The van der Waals surface area contributed by atoms with Crippen LogP contribution in [0.2, 0.25) is 0 Å². The van der Waals surface area contributed by atoms with Gasteiger partial charge in [0.15, 0.2) is 0 Å². The number of nitriles is 1. The largest absolute Gasteiger partial charge is 0.492 e. The Morgan fingerprint density at radius 2 is 2.06 bits per heavy atom. The third-order valence-corrected chi connectivity index (χ3v) is 2.91. The molecular weight excluding hydrogens is 243 g/mol. The molecule has 0 aromatic heterocycles. The van der Waals surface area contributed by atoms with E-state index in [2.05, 4.69) is 0 Å². The Kier molecular flexibility index (Phi) is 3.46. The second kappa shape index (κ2) is 4.89. The lowest BCUT2D eigenvalue weighted by Gasteiger charge is -2.11. The average Bonchev–Trinajstić information content (AvgIpc) is 3.12. The summed E-state index contributed by atoms with van der Waals surface area (Å²) in [5.74, 6) is 0.913. The molecule has 1 aliphatic carbocycles. The number of hydrogen-bond acceptors (Lipinski definition) is 2. The van der Waals surface area contributed by atoms with Gasteiger partial charge >= 0.3 is 6.18 Å². The van der Waals surface area contributed by atoms with E-state index in [4.69, 9.17) is 10.00 Å². The second-order valence-corrected chi connectivity index (χ2v) is 4.40. The fraction of sp³-hybridized carbons (Fsp3) is 0.462. The Morgan fingerprint density at radius 1 is 1.33 bits per heavy atom. The molecule has 0 unspecified atom stereocenters. The maximum Gasteiger partial charge on any atom is 0.416 e. The van der Waals surface area contributed by atoms with Gasteiger partial charge in [-0.15, -0.1) is 0 Å². The Hall–Kier alpha value is -1.70. The second-order valence-electron chi connectivity index (χ2n) is 4.40. The van der Waals surface area contributed by atoms with Crippen LogP contribution in [-0.2, 0) is 6.18 Å². The Morgan fingerprint density at radius 3 is 2.61 bits per heavy atom. The summed E-state index contributed by atoms with van der Waals surface area (Å²) in [6, 6.07) is 4.72. The molecule has 0 spiro atoms. The molecule has 0 radical (unpaired) electrons. The highest BCUT2D eigenvalue weighted by atomic mass is 19.4. The molecule has 2 nitrogen and oxygen atoms in total. The standard InChI is InChI=1S/C13H12F3NO/c14-13(15,16)11-3-4-12(10(7-11)8-17)18-6-5-9-1-2-9/h3-4,7,9H,1-2,5-6H2. The molecule has 1 aliphatic rings. The van der Waals surface area contributed by atoms with E-state index in [0.717, 1.165) is 18.6 Å².